The predicted molar refractivity (Wildman–Crippen MR) is 314 cm³/mol. The monoisotopic (exact) mass is 1030 g/mol. The lowest BCUT2D eigenvalue weighted by atomic mass is 10.0. The van der Waals surface area contributed by atoms with Crippen molar-refractivity contribution in [3.8, 4) is 0 Å². The third-order valence-electron chi connectivity index (χ3n) is 13.8. The molecule has 0 fully saturated rings. The van der Waals surface area contributed by atoms with Gasteiger partial charge in [0.25, 0.3) is 0 Å². The summed E-state index contributed by atoms with van der Waals surface area (Å²) in [5.74, 6) is -0.142. The van der Waals surface area contributed by atoms with Gasteiger partial charge in [0, 0.05) is 6.42 Å². The van der Waals surface area contributed by atoms with Gasteiger partial charge in [0.05, 0.1) is 39.9 Å². The van der Waals surface area contributed by atoms with Crippen molar-refractivity contribution < 1.29 is 32.9 Å². The first kappa shape index (κ1) is 70.2. The van der Waals surface area contributed by atoms with E-state index in [9.17, 15) is 19.4 Å². The second-order valence-electron chi connectivity index (χ2n) is 22.1. The van der Waals surface area contributed by atoms with E-state index in [1.807, 2.05) is 21.1 Å². The first-order valence-electron chi connectivity index (χ1n) is 30.7. The van der Waals surface area contributed by atoms with Crippen LogP contribution in [0.15, 0.2) is 60.8 Å². The molecule has 0 radical (unpaired) electrons. The van der Waals surface area contributed by atoms with Crippen molar-refractivity contribution >= 4 is 13.7 Å². The highest BCUT2D eigenvalue weighted by Crippen LogP contribution is 2.43. The zero-order valence-corrected chi connectivity index (χ0v) is 49.1. The van der Waals surface area contributed by atoms with Crippen LogP contribution in [-0.4, -0.2) is 73.4 Å². The smallest absolute Gasteiger partial charge is 0.391 e. The summed E-state index contributed by atoms with van der Waals surface area (Å²) in [6, 6.07) is -0.761. The Balaban J connectivity index is 4.04. The number of hydrogen-bond acceptors (Lipinski definition) is 5. The van der Waals surface area contributed by atoms with Crippen LogP contribution in [0, 0.1) is 0 Å². The molecule has 0 aromatic carbocycles. The van der Waals surface area contributed by atoms with E-state index in [0.29, 0.717) is 23.9 Å². The van der Waals surface area contributed by atoms with Crippen molar-refractivity contribution in [2.24, 2.45) is 0 Å². The van der Waals surface area contributed by atoms with Crippen LogP contribution in [0.1, 0.15) is 284 Å². The average molecular weight is 1030 g/mol. The van der Waals surface area contributed by atoms with E-state index in [-0.39, 0.29) is 19.1 Å². The number of phosphoric acid groups is 1. The average Bonchev–Trinajstić information content (AvgIpc) is 3.34. The van der Waals surface area contributed by atoms with Crippen LogP contribution < -0.4 is 5.32 Å². The van der Waals surface area contributed by atoms with Gasteiger partial charge in [-0.3, -0.25) is 13.8 Å². The highest BCUT2D eigenvalue weighted by atomic mass is 31.2. The number of unbranched alkanes of at least 4 members (excludes halogenated alkanes) is 33. The number of carbonyl (C=O) groups excluding carboxylic acids is 1. The first-order chi connectivity index (χ1) is 35.0. The number of quaternary nitrogens is 1. The van der Waals surface area contributed by atoms with Crippen LogP contribution in [0.4, 0.5) is 0 Å². The van der Waals surface area contributed by atoms with Crippen LogP contribution in [0.25, 0.3) is 0 Å². The highest BCUT2D eigenvalue weighted by molar-refractivity contribution is 7.47. The Labute approximate surface area is 447 Å². The molecule has 0 aliphatic heterocycles. The van der Waals surface area contributed by atoms with E-state index in [2.05, 4.69) is 79.9 Å². The Morgan fingerprint density at radius 3 is 1.22 bits per heavy atom. The van der Waals surface area contributed by atoms with Gasteiger partial charge in [-0.05, 0) is 57.8 Å². The lowest BCUT2D eigenvalue weighted by Crippen LogP contribution is -2.46. The Bertz CT molecular complexity index is 1360. The minimum absolute atomic E-state index is 0.0748. The molecule has 0 aromatic heterocycles. The van der Waals surface area contributed by atoms with Gasteiger partial charge >= 0.3 is 7.82 Å². The second-order valence-corrected chi connectivity index (χ2v) is 23.5. The molecule has 0 aliphatic carbocycles. The van der Waals surface area contributed by atoms with Crippen molar-refractivity contribution in [2.75, 3.05) is 40.9 Å². The Morgan fingerprint density at radius 1 is 0.486 bits per heavy atom. The maximum atomic E-state index is 13.0. The zero-order chi connectivity index (χ0) is 52.7. The van der Waals surface area contributed by atoms with E-state index in [0.717, 1.165) is 70.6 Å². The molecule has 9 heteroatoms. The molecular formula is C63H120N2O6P+. The maximum absolute atomic E-state index is 13.0. The number of hydrogen-bond donors (Lipinski definition) is 3. The normalized spacial score (nSPS) is 14.3. The van der Waals surface area contributed by atoms with Gasteiger partial charge in [0.15, 0.2) is 0 Å². The molecule has 0 saturated carbocycles. The van der Waals surface area contributed by atoms with Crippen molar-refractivity contribution in [1.29, 1.82) is 0 Å². The van der Waals surface area contributed by atoms with Crippen molar-refractivity contribution in [1.82, 2.24) is 5.32 Å². The Morgan fingerprint density at radius 2 is 0.833 bits per heavy atom. The summed E-state index contributed by atoms with van der Waals surface area (Å²) in [7, 11) is 1.62. The summed E-state index contributed by atoms with van der Waals surface area (Å²) in [6.07, 6.45) is 72.9. The number of aliphatic hydroxyl groups excluding tert-OH is 1. The fourth-order valence-electron chi connectivity index (χ4n) is 9.02. The van der Waals surface area contributed by atoms with E-state index < -0.39 is 20.0 Å². The van der Waals surface area contributed by atoms with Gasteiger partial charge in [0.2, 0.25) is 5.91 Å². The van der Waals surface area contributed by atoms with Gasteiger partial charge in [-0.1, -0.05) is 280 Å². The molecule has 3 N–H and O–H groups in total. The SMILES string of the molecule is CC/C=C\C/C=C\C/C=C\C/C=C\C/C=C\CCCCCCCCCCCCCCCCCCCC(=O)NC(COP(=O)(O)OCC[N+](C)(C)C)C(O)CCCCCCCCCCCCCCCCCCC. The quantitative estimate of drug-likeness (QED) is 0.0243. The molecule has 1 amide bonds. The van der Waals surface area contributed by atoms with Gasteiger partial charge in [-0.2, -0.15) is 0 Å². The fourth-order valence-corrected chi connectivity index (χ4v) is 9.75. The molecule has 422 valence electrons. The number of aliphatic hydroxyl groups is 1. The topological polar surface area (TPSA) is 105 Å². The second kappa shape index (κ2) is 54.0. The minimum atomic E-state index is -4.32. The number of likely N-dealkylation sites (N-methyl/N-ethyl adjacent to an activating group) is 1. The van der Waals surface area contributed by atoms with Crippen LogP contribution in [0.3, 0.4) is 0 Å². The summed E-state index contributed by atoms with van der Waals surface area (Å²) < 4.78 is 23.8. The summed E-state index contributed by atoms with van der Waals surface area (Å²) in [6.45, 7) is 4.80. The molecule has 8 nitrogen and oxygen atoms in total. The van der Waals surface area contributed by atoms with E-state index in [4.69, 9.17) is 9.05 Å². The van der Waals surface area contributed by atoms with E-state index in [1.165, 1.54) is 186 Å². The molecule has 0 spiro atoms. The minimum Gasteiger partial charge on any atom is -0.391 e. The number of carbonyl (C=O) groups is 1. The van der Waals surface area contributed by atoms with Crippen LogP contribution >= 0.6 is 7.82 Å². The summed E-state index contributed by atoms with van der Waals surface area (Å²) >= 11 is 0. The van der Waals surface area contributed by atoms with Crippen molar-refractivity contribution in [2.45, 2.75) is 296 Å². The molecule has 0 aromatic rings. The molecule has 0 rings (SSSR count). The first-order valence-corrected chi connectivity index (χ1v) is 32.1. The molecule has 3 unspecified atom stereocenters. The standard InChI is InChI=1S/C63H119N2O6P/c1-6-8-10-12-14-16-18-20-22-24-25-26-27-28-29-30-31-32-33-34-35-36-37-38-39-41-43-45-47-49-51-53-55-57-63(67)64-61(60-71-72(68,69)70-59-58-65(3,4)5)62(66)56-54-52-50-48-46-44-42-40-23-21-19-17-15-13-11-9-7-2/h8,10,14,16,20,22,25-26,28-29,61-62,66H,6-7,9,11-13,15,17-19,21,23-24,27,30-60H2,1-5H3,(H-,64,67,68,69)/p+1/b10-8-,16-14-,22-20-,26-25-,29-28-. The number of amides is 1. The summed E-state index contributed by atoms with van der Waals surface area (Å²) in [5.41, 5.74) is 0. The largest absolute Gasteiger partial charge is 0.472 e. The summed E-state index contributed by atoms with van der Waals surface area (Å²) in [5, 5.41) is 14.1. The molecule has 0 heterocycles. The zero-order valence-electron chi connectivity index (χ0n) is 48.2. The van der Waals surface area contributed by atoms with Crippen LogP contribution in [-0.2, 0) is 18.4 Å². The fraction of sp³-hybridized carbons (Fsp3) is 0.825. The number of rotatable bonds is 56. The third-order valence-corrected chi connectivity index (χ3v) is 14.8. The lowest BCUT2D eigenvalue weighted by molar-refractivity contribution is -0.870. The molecule has 0 bridgehead atoms. The maximum Gasteiger partial charge on any atom is 0.472 e. The van der Waals surface area contributed by atoms with Gasteiger partial charge < -0.3 is 19.8 Å². The van der Waals surface area contributed by atoms with Crippen LogP contribution in [0.5, 0.6) is 0 Å². The molecule has 0 saturated heterocycles. The van der Waals surface area contributed by atoms with E-state index in [1.54, 1.807) is 0 Å². The lowest BCUT2D eigenvalue weighted by Gasteiger charge is -2.26. The van der Waals surface area contributed by atoms with Gasteiger partial charge in [-0.25, -0.2) is 4.57 Å². The highest BCUT2D eigenvalue weighted by Gasteiger charge is 2.28. The molecule has 0 aliphatic rings. The van der Waals surface area contributed by atoms with Gasteiger partial charge in [0.1, 0.15) is 13.2 Å². The van der Waals surface area contributed by atoms with Crippen LogP contribution in [0.2, 0.25) is 0 Å². The number of nitrogens with one attached hydrogen (secondary N) is 1. The summed E-state index contributed by atoms with van der Waals surface area (Å²) in [4.78, 5) is 23.4. The van der Waals surface area contributed by atoms with Crippen molar-refractivity contribution in [3.05, 3.63) is 60.8 Å². The Kier molecular flexibility index (Phi) is 52.7. The molecular weight excluding hydrogens is 912 g/mol. The predicted octanol–water partition coefficient (Wildman–Crippen LogP) is 18.9. The Hall–Kier alpha value is -1.80. The van der Waals surface area contributed by atoms with E-state index >= 15 is 0 Å². The number of nitrogens with zero attached hydrogens (tertiary/aromatic N) is 1. The van der Waals surface area contributed by atoms with Crippen molar-refractivity contribution in [3.63, 3.8) is 0 Å². The molecule has 3 atom stereocenters. The number of phosphoric ester groups is 1. The molecule has 72 heavy (non-hydrogen) atoms. The van der Waals surface area contributed by atoms with Gasteiger partial charge in [-0.15, -0.1) is 0 Å². The number of allylic oxidation sites excluding steroid dienone is 10. The third kappa shape index (κ3) is 55.9.